The Balaban J connectivity index is 1.57. The molecule has 3 rings (SSSR count). The molecule has 1 N–H and O–H groups in total. The van der Waals surface area contributed by atoms with E-state index in [1.165, 1.54) is 0 Å². The van der Waals surface area contributed by atoms with Gasteiger partial charge in [-0.25, -0.2) is 4.98 Å². The predicted octanol–water partition coefficient (Wildman–Crippen LogP) is 1.67. The van der Waals surface area contributed by atoms with Gasteiger partial charge in [-0.2, -0.15) is 0 Å². The van der Waals surface area contributed by atoms with E-state index in [2.05, 4.69) is 10.3 Å². The van der Waals surface area contributed by atoms with Crippen molar-refractivity contribution in [2.24, 2.45) is 0 Å². The Labute approximate surface area is 117 Å². The quantitative estimate of drug-likeness (QED) is 0.920. The molecule has 2 aromatic rings. The standard InChI is InChI=1S/C15H17N3O2/c19-15(14-2-1-9-20-14)17-10-12-3-5-13(6-4-12)18-8-7-16-11-18/h3-8,11,14H,1-2,9-10H2,(H,17,19)/t14-/m1/s1. The average Bonchev–Trinajstić information content (AvgIpc) is 3.18. The molecule has 0 saturated carbocycles. The van der Waals surface area contributed by atoms with Gasteiger partial charge in [0, 0.05) is 31.2 Å². The number of hydrogen-bond acceptors (Lipinski definition) is 3. The van der Waals surface area contributed by atoms with E-state index in [4.69, 9.17) is 4.74 Å². The highest BCUT2D eigenvalue weighted by Crippen LogP contribution is 2.13. The number of aromatic nitrogens is 2. The third-order valence-corrected chi connectivity index (χ3v) is 3.43. The average molecular weight is 271 g/mol. The Hall–Kier alpha value is -2.14. The van der Waals surface area contributed by atoms with E-state index in [0.717, 1.165) is 24.1 Å². The number of imidazole rings is 1. The molecule has 0 bridgehead atoms. The molecule has 1 atom stereocenters. The molecule has 1 aliphatic heterocycles. The SMILES string of the molecule is O=C(NCc1ccc(-n2ccnc2)cc1)[C@H]1CCCO1. The van der Waals surface area contributed by atoms with Crippen LogP contribution >= 0.6 is 0 Å². The lowest BCUT2D eigenvalue weighted by atomic mass is 10.2. The lowest BCUT2D eigenvalue weighted by molar-refractivity contribution is -0.130. The number of ether oxygens (including phenoxy) is 1. The fraction of sp³-hybridized carbons (Fsp3) is 0.333. The maximum absolute atomic E-state index is 11.8. The normalized spacial score (nSPS) is 18.1. The fourth-order valence-electron chi connectivity index (χ4n) is 2.29. The number of amides is 1. The molecule has 20 heavy (non-hydrogen) atoms. The van der Waals surface area contributed by atoms with Crippen LogP contribution in [0.25, 0.3) is 5.69 Å². The van der Waals surface area contributed by atoms with Gasteiger partial charge in [0.15, 0.2) is 0 Å². The highest BCUT2D eigenvalue weighted by Gasteiger charge is 2.22. The largest absolute Gasteiger partial charge is 0.368 e. The molecular formula is C15H17N3O2. The van der Waals surface area contributed by atoms with E-state index in [1.54, 1.807) is 12.5 Å². The van der Waals surface area contributed by atoms with Crippen LogP contribution in [0.2, 0.25) is 0 Å². The van der Waals surface area contributed by atoms with Crippen LogP contribution in [0.3, 0.4) is 0 Å². The fourth-order valence-corrected chi connectivity index (χ4v) is 2.29. The Morgan fingerprint density at radius 1 is 1.40 bits per heavy atom. The van der Waals surface area contributed by atoms with Crippen LogP contribution in [0.5, 0.6) is 0 Å². The molecule has 2 heterocycles. The first-order valence-corrected chi connectivity index (χ1v) is 6.79. The number of carbonyl (C=O) groups excluding carboxylic acids is 1. The highest BCUT2D eigenvalue weighted by atomic mass is 16.5. The molecule has 104 valence electrons. The molecule has 0 radical (unpaired) electrons. The Bertz CT molecular complexity index is 557. The molecule has 1 amide bonds. The van der Waals surface area contributed by atoms with Crippen molar-refractivity contribution < 1.29 is 9.53 Å². The lowest BCUT2D eigenvalue weighted by Gasteiger charge is -2.10. The number of rotatable bonds is 4. The maximum atomic E-state index is 11.8. The summed E-state index contributed by atoms with van der Waals surface area (Å²) in [5.41, 5.74) is 2.12. The summed E-state index contributed by atoms with van der Waals surface area (Å²) in [7, 11) is 0. The number of nitrogens with zero attached hydrogens (tertiary/aromatic N) is 2. The minimum atomic E-state index is -0.264. The molecule has 5 heteroatoms. The topological polar surface area (TPSA) is 56.2 Å². The summed E-state index contributed by atoms with van der Waals surface area (Å²) < 4.78 is 7.29. The van der Waals surface area contributed by atoms with E-state index in [0.29, 0.717) is 13.2 Å². The van der Waals surface area contributed by atoms with E-state index in [1.807, 2.05) is 35.0 Å². The lowest BCUT2D eigenvalue weighted by Crippen LogP contribution is -2.33. The smallest absolute Gasteiger partial charge is 0.249 e. The molecular weight excluding hydrogens is 254 g/mol. The van der Waals surface area contributed by atoms with Gasteiger partial charge in [0.05, 0.1) is 6.33 Å². The minimum Gasteiger partial charge on any atom is -0.368 e. The van der Waals surface area contributed by atoms with Crippen LogP contribution in [0.15, 0.2) is 43.0 Å². The third kappa shape index (κ3) is 2.88. The van der Waals surface area contributed by atoms with Gasteiger partial charge in [-0.15, -0.1) is 0 Å². The van der Waals surface area contributed by atoms with Crippen LogP contribution in [-0.4, -0.2) is 28.2 Å². The number of carbonyl (C=O) groups is 1. The van der Waals surface area contributed by atoms with Crippen molar-refractivity contribution in [3.05, 3.63) is 48.5 Å². The highest BCUT2D eigenvalue weighted by molar-refractivity contribution is 5.80. The first-order chi connectivity index (χ1) is 9.83. The summed E-state index contributed by atoms with van der Waals surface area (Å²) in [4.78, 5) is 15.8. The first kappa shape index (κ1) is 12.9. The summed E-state index contributed by atoms with van der Waals surface area (Å²) in [6.45, 7) is 1.22. The van der Waals surface area contributed by atoms with Crippen LogP contribution in [-0.2, 0) is 16.1 Å². The second kappa shape index (κ2) is 5.88. The summed E-state index contributed by atoms with van der Waals surface area (Å²) >= 11 is 0. The van der Waals surface area contributed by atoms with E-state index >= 15 is 0 Å². The summed E-state index contributed by atoms with van der Waals surface area (Å²) in [6.07, 6.45) is 6.93. The van der Waals surface area contributed by atoms with Gasteiger partial charge in [-0.1, -0.05) is 12.1 Å². The molecule has 1 aromatic carbocycles. The van der Waals surface area contributed by atoms with Gasteiger partial charge in [-0.3, -0.25) is 4.79 Å². The van der Waals surface area contributed by atoms with Crippen LogP contribution in [0, 0.1) is 0 Å². The summed E-state index contributed by atoms with van der Waals surface area (Å²) in [5, 5.41) is 2.91. The molecule has 1 aliphatic rings. The van der Waals surface area contributed by atoms with E-state index in [-0.39, 0.29) is 12.0 Å². The van der Waals surface area contributed by atoms with Gasteiger partial charge in [0.25, 0.3) is 0 Å². The van der Waals surface area contributed by atoms with Crippen LogP contribution in [0.1, 0.15) is 18.4 Å². The van der Waals surface area contributed by atoms with Gasteiger partial charge in [-0.05, 0) is 30.5 Å². The Kier molecular flexibility index (Phi) is 3.78. The molecule has 1 aromatic heterocycles. The number of hydrogen-bond donors (Lipinski definition) is 1. The zero-order valence-electron chi connectivity index (χ0n) is 11.2. The van der Waals surface area contributed by atoms with Crippen LogP contribution < -0.4 is 5.32 Å². The van der Waals surface area contributed by atoms with Gasteiger partial charge >= 0.3 is 0 Å². The van der Waals surface area contributed by atoms with Crippen molar-refractivity contribution in [3.8, 4) is 5.69 Å². The Morgan fingerprint density at radius 2 is 2.25 bits per heavy atom. The second-order valence-corrected chi connectivity index (χ2v) is 4.86. The summed E-state index contributed by atoms with van der Waals surface area (Å²) in [5.74, 6) is -0.0128. The zero-order chi connectivity index (χ0) is 13.8. The van der Waals surface area contributed by atoms with Gasteiger partial charge in [0.2, 0.25) is 5.91 Å². The van der Waals surface area contributed by atoms with Crippen molar-refractivity contribution in [3.63, 3.8) is 0 Å². The number of nitrogens with one attached hydrogen (secondary N) is 1. The molecule has 5 nitrogen and oxygen atoms in total. The monoisotopic (exact) mass is 271 g/mol. The van der Waals surface area contributed by atoms with Crippen molar-refractivity contribution >= 4 is 5.91 Å². The number of benzene rings is 1. The van der Waals surface area contributed by atoms with E-state index < -0.39 is 0 Å². The third-order valence-electron chi connectivity index (χ3n) is 3.43. The molecule has 0 spiro atoms. The first-order valence-electron chi connectivity index (χ1n) is 6.79. The molecule has 1 saturated heterocycles. The minimum absolute atomic E-state index is 0.0128. The second-order valence-electron chi connectivity index (χ2n) is 4.86. The Morgan fingerprint density at radius 3 is 2.90 bits per heavy atom. The molecule has 0 unspecified atom stereocenters. The molecule has 1 fully saturated rings. The van der Waals surface area contributed by atoms with Crippen molar-refractivity contribution in [1.82, 2.24) is 14.9 Å². The zero-order valence-corrected chi connectivity index (χ0v) is 11.2. The predicted molar refractivity (Wildman–Crippen MR) is 74.4 cm³/mol. The van der Waals surface area contributed by atoms with Crippen molar-refractivity contribution in [1.29, 1.82) is 0 Å². The molecule has 0 aliphatic carbocycles. The van der Waals surface area contributed by atoms with Crippen LogP contribution in [0.4, 0.5) is 0 Å². The van der Waals surface area contributed by atoms with E-state index in [9.17, 15) is 4.79 Å². The van der Waals surface area contributed by atoms with Gasteiger partial charge < -0.3 is 14.6 Å². The van der Waals surface area contributed by atoms with Gasteiger partial charge in [0.1, 0.15) is 6.10 Å². The van der Waals surface area contributed by atoms with Crippen molar-refractivity contribution in [2.45, 2.75) is 25.5 Å². The maximum Gasteiger partial charge on any atom is 0.249 e. The van der Waals surface area contributed by atoms with Crippen molar-refractivity contribution in [2.75, 3.05) is 6.61 Å². The summed E-state index contributed by atoms with van der Waals surface area (Å²) in [6, 6.07) is 8.03.